The molecule has 0 aliphatic carbocycles. The number of carbonyl (C=O) groups excluding carboxylic acids is 1. The predicted octanol–water partition coefficient (Wildman–Crippen LogP) is 4.21. The van der Waals surface area contributed by atoms with Crippen LogP contribution >= 0.6 is 11.8 Å². The van der Waals surface area contributed by atoms with E-state index in [1.807, 2.05) is 54.8 Å². The van der Waals surface area contributed by atoms with Gasteiger partial charge in [-0.1, -0.05) is 24.3 Å². The summed E-state index contributed by atoms with van der Waals surface area (Å²) in [5, 5.41) is 3.80. The number of aromatic nitrogens is 1. The third-order valence-electron chi connectivity index (χ3n) is 3.22. The molecule has 0 radical (unpaired) electrons. The fraction of sp³-hybridized carbons (Fsp3) is 0.0588. The molecular formula is C17H14N2OS. The van der Waals surface area contributed by atoms with Crippen molar-refractivity contribution < 1.29 is 4.79 Å². The molecule has 0 aliphatic rings. The van der Waals surface area contributed by atoms with E-state index < -0.39 is 0 Å². The predicted molar refractivity (Wildman–Crippen MR) is 87.9 cm³/mol. The molecule has 4 heteroatoms. The van der Waals surface area contributed by atoms with Gasteiger partial charge in [-0.25, -0.2) is 0 Å². The van der Waals surface area contributed by atoms with E-state index in [0.29, 0.717) is 5.56 Å². The summed E-state index contributed by atoms with van der Waals surface area (Å²) >= 11 is 1.65. The molecule has 0 saturated heterocycles. The fourth-order valence-corrected chi connectivity index (χ4v) is 2.65. The van der Waals surface area contributed by atoms with Gasteiger partial charge in [-0.05, 0) is 36.6 Å². The maximum Gasteiger partial charge on any atom is 0.256 e. The Bertz CT molecular complexity index is 796. The number of fused-ring (bicyclic) bond motifs is 1. The van der Waals surface area contributed by atoms with Gasteiger partial charge in [0.25, 0.3) is 5.91 Å². The van der Waals surface area contributed by atoms with Crippen LogP contribution in [0.3, 0.4) is 0 Å². The number of anilines is 1. The quantitative estimate of drug-likeness (QED) is 0.736. The van der Waals surface area contributed by atoms with Crippen molar-refractivity contribution in [2.45, 2.75) is 4.90 Å². The molecule has 3 rings (SSSR count). The molecule has 0 bridgehead atoms. The average Bonchev–Trinajstić information content (AvgIpc) is 2.54. The molecule has 0 atom stereocenters. The first-order valence-electron chi connectivity index (χ1n) is 6.57. The summed E-state index contributed by atoms with van der Waals surface area (Å²) < 4.78 is 0. The minimum atomic E-state index is -0.119. The third kappa shape index (κ3) is 2.90. The fourth-order valence-electron chi connectivity index (χ4n) is 2.19. The van der Waals surface area contributed by atoms with Crippen LogP contribution in [0.2, 0.25) is 0 Å². The second kappa shape index (κ2) is 5.97. The Labute approximate surface area is 127 Å². The third-order valence-corrected chi connectivity index (χ3v) is 3.95. The van der Waals surface area contributed by atoms with Gasteiger partial charge in [0, 0.05) is 22.2 Å². The Morgan fingerprint density at radius 2 is 1.95 bits per heavy atom. The van der Waals surface area contributed by atoms with Gasteiger partial charge in [0.1, 0.15) is 0 Å². The number of benzene rings is 2. The van der Waals surface area contributed by atoms with Gasteiger partial charge in [-0.15, -0.1) is 11.8 Å². The molecule has 1 N–H and O–H groups in total. The van der Waals surface area contributed by atoms with Crippen molar-refractivity contribution in [2.75, 3.05) is 11.6 Å². The molecule has 0 spiro atoms. The van der Waals surface area contributed by atoms with E-state index >= 15 is 0 Å². The average molecular weight is 294 g/mol. The van der Waals surface area contributed by atoms with E-state index in [4.69, 9.17) is 0 Å². The molecule has 0 aliphatic heterocycles. The highest BCUT2D eigenvalue weighted by molar-refractivity contribution is 7.98. The number of hydrogen-bond donors (Lipinski definition) is 1. The van der Waals surface area contributed by atoms with Gasteiger partial charge in [0.05, 0.1) is 11.1 Å². The van der Waals surface area contributed by atoms with Gasteiger partial charge in [-0.3, -0.25) is 9.78 Å². The number of pyridine rings is 1. The SMILES string of the molecule is CSc1cccc(NC(=O)c2ccnc3ccccc23)c1. The summed E-state index contributed by atoms with van der Waals surface area (Å²) in [6.45, 7) is 0. The Morgan fingerprint density at radius 3 is 2.81 bits per heavy atom. The zero-order valence-corrected chi connectivity index (χ0v) is 12.4. The lowest BCUT2D eigenvalue weighted by molar-refractivity contribution is 0.102. The Balaban J connectivity index is 1.93. The zero-order chi connectivity index (χ0) is 14.7. The standard InChI is InChI=1S/C17H14N2OS/c1-21-13-6-4-5-12(11-13)19-17(20)15-9-10-18-16-8-3-2-7-14(15)16/h2-11H,1H3,(H,19,20). The summed E-state index contributed by atoms with van der Waals surface area (Å²) in [6.07, 6.45) is 3.67. The number of amides is 1. The summed E-state index contributed by atoms with van der Waals surface area (Å²) in [5.41, 5.74) is 2.26. The monoisotopic (exact) mass is 294 g/mol. The molecule has 0 unspecified atom stereocenters. The van der Waals surface area contributed by atoms with Crippen LogP contribution in [0.25, 0.3) is 10.9 Å². The number of rotatable bonds is 3. The number of nitrogens with one attached hydrogen (secondary N) is 1. The van der Waals surface area contributed by atoms with Gasteiger partial charge >= 0.3 is 0 Å². The first-order chi connectivity index (χ1) is 10.3. The lowest BCUT2D eigenvalue weighted by Gasteiger charge is -2.08. The highest BCUT2D eigenvalue weighted by Crippen LogP contribution is 2.21. The lowest BCUT2D eigenvalue weighted by Crippen LogP contribution is -2.12. The van der Waals surface area contributed by atoms with E-state index in [2.05, 4.69) is 10.3 Å². The van der Waals surface area contributed by atoms with E-state index in [0.717, 1.165) is 21.5 Å². The van der Waals surface area contributed by atoms with Gasteiger partial charge in [0.2, 0.25) is 0 Å². The first-order valence-corrected chi connectivity index (χ1v) is 7.79. The van der Waals surface area contributed by atoms with Crippen LogP contribution < -0.4 is 5.32 Å². The van der Waals surface area contributed by atoms with Crippen molar-refractivity contribution >= 4 is 34.3 Å². The van der Waals surface area contributed by atoms with Crippen molar-refractivity contribution in [1.29, 1.82) is 0 Å². The van der Waals surface area contributed by atoms with E-state index in [-0.39, 0.29) is 5.91 Å². The number of para-hydroxylation sites is 1. The molecule has 0 saturated carbocycles. The van der Waals surface area contributed by atoms with E-state index in [1.165, 1.54) is 0 Å². The molecular weight excluding hydrogens is 280 g/mol. The van der Waals surface area contributed by atoms with E-state index in [9.17, 15) is 4.79 Å². The number of nitrogens with zero attached hydrogens (tertiary/aromatic N) is 1. The van der Waals surface area contributed by atoms with Crippen molar-refractivity contribution in [3.05, 3.63) is 66.4 Å². The molecule has 104 valence electrons. The summed E-state index contributed by atoms with van der Waals surface area (Å²) in [7, 11) is 0. The number of carbonyl (C=O) groups is 1. The Morgan fingerprint density at radius 1 is 1.10 bits per heavy atom. The normalized spacial score (nSPS) is 10.5. The van der Waals surface area contributed by atoms with Crippen LogP contribution in [0.5, 0.6) is 0 Å². The molecule has 1 amide bonds. The van der Waals surface area contributed by atoms with Crippen LogP contribution in [0.15, 0.2) is 65.7 Å². The molecule has 0 fully saturated rings. The summed E-state index contributed by atoms with van der Waals surface area (Å²) in [6, 6.07) is 17.2. The Kier molecular flexibility index (Phi) is 3.88. The molecule has 3 nitrogen and oxygen atoms in total. The van der Waals surface area contributed by atoms with Crippen LogP contribution in [0, 0.1) is 0 Å². The maximum atomic E-state index is 12.5. The summed E-state index contributed by atoms with van der Waals surface area (Å²) in [4.78, 5) is 17.9. The molecule has 3 aromatic rings. The number of hydrogen-bond acceptors (Lipinski definition) is 3. The first kappa shape index (κ1) is 13.6. The topological polar surface area (TPSA) is 42.0 Å². The van der Waals surface area contributed by atoms with Crippen LogP contribution in [0.1, 0.15) is 10.4 Å². The summed E-state index contributed by atoms with van der Waals surface area (Å²) in [5.74, 6) is -0.119. The highest BCUT2D eigenvalue weighted by atomic mass is 32.2. The van der Waals surface area contributed by atoms with Crippen LogP contribution in [-0.4, -0.2) is 17.1 Å². The Hall–Kier alpha value is -2.33. The van der Waals surface area contributed by atoms with E-state index in [1.54, 1.807) is 24.0 Å². The molecule has 1 aromatic heterocycles. The second-order valence-corrected chi connectivity index (χ2v) is 5.44. The minimum absolute atomic E-state index is 0.119. The van der Waals surface area contributed by atoms with Crippen molar-refractivity contribution in [1.82, 2.24) is 4.98 Å². The van der Waals surface area contributed by atoms with Crippen LogP contribution in [-0.2, 0) is 0 Å². The largest absolute Gasteiger partial charge is 0.322 e. The maximum absolute atomic E-state index is 12.5. The molecule has 21 heavy (non-hydrogen) atoms. The molecule has 1 heterocycles. The molecule has 2 aromatic carbocycles. The van der Waals surface area contributed by atoms with Crippen molar-refractivity contribution in [3.63, 3.8) is 0 Å². The van der Waals surface area contributed by atoms with Gasteiger partial charge in [-0.2, -0.15) is 0 Å². The minimum Gasteiger partial charge on any atom is -0.322 e. The lowest BCUT2D eigenvalue weighted by atomic mass is 10.1. The number of thioether (sulfide) groups is 1. The van der Waals surface area contributed by atoms with Crippen LogP contribution in [0.4, 0.5) is 5.69 Å². The smallest absolute Gasteiger partial charge is 0.256 e. The van der Waals surface area contributed by atoms with Crippen molar-refractivity contribution in [2.24, 2.45) is 0 Å². The highest BCUT2D eigenvalue weighted by Gasteiger charge is 2.10. The van der Waals surface area contributed by atoms with Gasteiger partial charge < -0.3 is 5.32 Å². The van der Waals surface area contributed by atoms with Gasteiger partial charge in [0.15, 0.2) is 0 Å². The zero-order valence-electron chi connectivity index (χ0n) is 11.5. The van der Waals surface area contributed by atoms with Crippen molar-refractivity contribution in [3.8, 4) is 0 Å². The second-order valence-electron chi connectivity index (χ2n) is 4.56.